The first-order chi connectivity index (χ1) is 12.2. The molecule has 0 spiro atoms. The summed E-state index contributed by atoms with van der Waals surface area (Å²) in [4.78, 5) is 0. The summed E-state index contributed by atoms with van der Waals surface area (Å²) >= 11 is 0. The Morgan fingerprint density at radius 3 is 1.64 bits per heavy atom. The van der Waals surface area contributed by atoms with E-state index in [9.17, 15) is 9.67 Å². The maximum Gasteiger partial charge on any atom is 0.143 e. The van der Waals surface area contributed by atoms with Crippen LogP contribution in [-0.2, 0) is 11.0 Å². The van der Waals surface area contributed by atoms with Gasteiger partial charge in [-0.15, -0.1) is 0 Å². The molecule has 0 amide bonds. The van der Waals surface area contributed by atoms with E-state index in [-0.39, 0.29) is 0 Å². The normalized spacial score (nSPS) is 12.7. The molecule has 0 saturated carbocycles. The predicted octanol–water partition coefficient (Wildman–Crippen LogP) is 3.99. The lowest BCUT2D eigenvalue weighted by Crippen LogP contribution is -2.21. The topological polar surface area (TPSA) is 37.3 Å². The quantitative estimate of drug-likeness (QED) is 0.654. The molecule has 0 radical (unpaired) electrons. The van der Waals surface area contributed by atoms with Gasteiger partial charge in [-0.25, -0.2) is 0 Å². The smallest absolute Gasteiger partial charge is 0.143 e. The van der Waals surface area contributed by atoms with Crippen molar-refractivity contribution in [1.29, 1.82) is 0 Å². The minimum Gasteiger partial charge on any atom is -0.393 e. The van der Waals surface area contributed by atoms with Crippen LogP contribution >= 0.6 is 7.14 Å². The molecule has 0 aromatic heterocycles. The van der Waals surface area contributed by atoms with E-state index in [1.807, 2.05) is 91.0 Å². The average Bonchev–Trinajstić information content (AvgIpc) is 2.68. The molecule has 0 heterocycles. The van der Waals surface area contributed by atoms with Crippen LogP contribution in [0.25, 0.3) is 0 Å². The summed E-state index contributed by atoms with van der Waals surface area (Å²) in [6.07, 6.45) is 1.07. The first-order valence-corrected chi connectivity index (χ1v) is 10.5. The maximum atomic E-state index is 13.9. The Morgan fingerprint density at radius 1 is 0.720 bits per heavy atom. The van der Waals surface area contributed by atoms with Crippen molar-refractivity contribution >= 4 is 17.8 Å². The molecule has 3 aromatic carbocycles. The monoisotopic (exact) mass is 350 g/mol. The molecular weight excluding hydrogens is 327 g/mol. The summed E-state index contributed by atoms with van der Waals surface area (Å²) in [5.74, 6) is 0. The van der Waals surface area contributed by atoms with Gasteiger partial charge in [0.1, 0.15) is 7.14 Å². The number of benzene rings is 3. The fourth-order valence-electron chi connectivity index (χ4n) is 3.06. The van der Waals surface area contributed by atoms with Gasteiger partial charge in [0.15, 0.2) is 0 Å². The zero-order valence-electron chi connectivity index (χ0n) is 14.2. The molecule has 0 aliphatic heterocycles. The van der Waals surface area contributed by atoms with Crippen LogP contribution in [0, 0.1) is 0 Å². The van der Waals surface area contributed by atoms with Gasteiger partial charge in [-0.1, -0.05) is 91.0 Å². The zero-order chi connectivity index (χ0) is 17.5. The second kappa shape index (κ2) is 8.29. The van der Waals surface area contributed by atoms with E-state index in [0.717, 1.165) is 16.2 Å². The van der Waals surface area contributed by atoms with E-state index in [1.165, 1.54) is 0 Å². The predicted molar refractivity (Wildman–Crippen MR) is 105 cm³/mol. The molecule has 3 rings (SSSR count). The van der Waals surface area contributed by atoms with Crippen LogP contribution in [0.2, 0.25) is 0 Å². The second-order valence-electron chi connectivity index (χ2n) is 6.27. The Bertz CT molecular complexity index is 773. The zero-order valence-corrected chi connectivity index (χ0v) is 15.1. The van der Waals surface area contributed by atoms with Gasteiger partial charge in [0.2, 0.25) is 0 Å². The fraction of sp³-hybridized carbons (Fsp3) is 0.182. The molecule has 0 aliphatic rings. The molecule has 1 atom stereocenters. The van der Waals surface area contributed by atoms with Gasteiger partial charge < -0.3 is 9.67 Å². The molecule has 0 bridgehead atoms. The van der Waals surface area contributed by atoms with Crippen molar-refractivity contribution in [3.8, 4) is 0 Å². The van der Waals surface area contributed by atoms with Crippen LogP contribution in [0.1, 0.15) is 12.0 Å². The number of aliphatic hydroxyl groups excluding tert-OH is 1. The standard InChI is InChI=1S/C22H23O2P/c23-20(18-19-10-4-1-5-11-19)16-17-25(24,21-12-6-2-7-13-21)22-14-8-3-9-15-22/h1-15,20,23H,16-18H2. The number of hydrogen-bond donors (Lipinski definition) is 1. The third kappa shape index (κ3) is 4.48. The van der Waals surface area contributed by atoms with Gasteiger partial charge >= 0.3 is 0 Å². The van der Waals surface area contributed by atoms with E-state index in [4.69, 9.17) is 0 Å². The minimum atomic E-state index is -2.74. The molecule has 1 N–H and O–H groups in total. The summed E-state index contributed by atoms with van der Waals surface area (Å²) in [7, 11) is -2.74. The van der Waals surface area contributed by atoms with Gasteiger partial charge in [0.05, 0.1) is 6.10 Å². The van der Waals surface area contributed by atoms with Crippen molar-refractivity contribution in [2.24, 2.45) is 0 Å². The van der Waals surface area contributed by atoms with E-state index >= 15 is 0 Å². The van der Waals surface area contributed by atoms with Crippen molar-refractivity contribution in [2.75, 3.05) is 6.16 Å². The molecule has 0 aliphatic carbocycles. The van der Waals surface area contributed by atoms with Crippen LogP contribution in [0.3, 0.4) is 0 Å². The van der Waals surface area contributed by atoms with Crippen molar-refractivity contribution in [3.63, 3.8) is 0 Å². The molecule has 1 unspecified atom stereocenters. The highest BCUT2D eigenvalue weighted by molar-refractivity contribution is 7.78. The Morgan fingerprint density at radius 2 is 1.16 bits per heavy atom. The Labute approximate surface area is 149 Å². The van der Waals surface area contributed by atoms with E-state index in [2.05, 4.69) is 0 Å². The Hall–Kier alpha value is -2.15. The summed E-state index contributed by atoms with van der Waals surface area (Å²) in [5, 5.41) is 12.1. The van der Waals surface area contributed by atoms with Crippen LogP contribution in [0.5, 0.6) is 0 Å². The van der Waals surface area contributed by atoms with Gasteiger partial charge in [0, 0.05) is 16.8 Å². The highest BCUT2D eigenvalue weighted by Crippen LogP contribution is 2.44. The van der Waals surface area contributed by atoms with E-state index in [0.29, 0.717) is 19.0 Å². The average molecular weight is 350 g/mol. The molecule has 0 fully saturated rings. The van der Waals surface area contributed by atoms with Gasteiger partial charge in [-0.3, -0.25) is 0 Å². The first kappa shape index (κ1) is 17.7. The highest BCUT2D eigenvalue weighted by Gasteiger charge is 2.27. The fourth-order valence-corrected chi connectivity index (χ4v) is 5.85. The van der Waals surface area contributed by atoms with Crippen LogP contribution in [0.4, 0.5) is 0 Å². The molecule has 3 aromatic rings. The maximum absolute atomic E-state index is 13.9. The molecule has 2 nitrogen and oxygen atoms in total. The van der Waals surface area contributed by atoms with E-state index in [1.54, 1.807) is 0 Å². The lowest BCUT2D eigenvalue weighted by atomic mass is 10.1. The van der Waals surface area contributed by atoms with Crippen LogP contribution in [0.15, 0.2) is 91.0 Å². The van der Waals surface area contributed by atoms with Crippen LogP contribution in [-0.4, -0.2) is 17.4 Å². The van der Waals surface area contributed by atoms with E-state index < -0.39 is 13.2 Å². The summed E-state index contributed by atoms with van der Waals surface area (Å²) in [5.41, 5.74) is 1.10. The SMILES string of the molecule is O=P(CCC(O)Cc1ccccc1)(c1ccccc1)c1ccccc1. The first-order valence-electron chi connectivity index (χ1n) is 8.61. The Kier molecular flexibility index (Phi) is 5.86. The highest BCUT2D eigenvalue weighted by atomic mass is 31.2. The summed E-state index contributed by atoms with van der Waals surface area (Å²) < 4.78 is 13.9. The molecular formula is C22H23O2P. The number of hydrogen-bond acceptors (Lipinski definition) is 2. The largest absolute Gasteiger partial charge is 0.393 e. The van der Waals surface area contributed by atoms with Gasteiger partial charge in [-0.2, -0.15) is 0 Å². The van der Waals surface area contributed by atoms with Crippen LogP contribution < -0.4 is 10.6 Å². The third-order valence-corrected chi connectivity index (χ3v) is 7.59. The lowest BCUT2D eigenvalue weighted by Gasteiger charge is -2.21. The summed E-state index contributed by atoms with van der Waals surface area (Å²) in [6, 6.07) is 29.2. The number of aliphatic hydroxyl groups is 1. The van der Waals surface area contributed by atoms with Gasteiger partial charge in [-0.05, 0) is 18.4 Å². The molecule has 3 heteroatoms. The van der Waals surface area contributed by atoms with Gasteiger partial charge in [0.25, 0.3) is 0 Å². The molecule has 128 valence electrons. The van der Waals surface area contributed by atoms with Crippen molar-refractivity contribution in [1.82, 2.24) is 0 Å². The van der Waals surface area contributed by atoms with Crippen molar-refractivity contribution in [2.45, 2.75) is 18.9 Å². The molecule has 25 heavy (non-hydrogen) atoms. The Balaban J connectivity index is 1.78. The minimum absolute atomic E-state index is 0.467. The molecule has 0 saturated heterocycles. The number of rotatable bonds is 7. The van der Waals surface area contributed by atoms with Crippen molar-refractivity contribution in [3.05, 3.63) is 96.6 Å². The summed E-state index contributed by atoms with van der Waals surface area (Å²) in [6.45, 7) is 0. The third-order valence-electron chi connectivity index (χ3n) is 4.44. The van der Waals surface area contributed by atoms with Crippen molar-refractivity contribution < 1.29 is 9.67 Å². The second-order valence-corrected chi connectivity index (χ2v) is 9.23. The lowest BCUT2D eigenvalue weighted by molar-refractivity contribution is 0.171.